The minimum atomic E-state index is -0.0536. The van der Waals surface area contributed by atoms with Crippen molar-refractivity contribution in [2.24, 2.45) is 4.99 Å². The highest BCUT2D eigenvalue weighted by molar-refractivity contribution is 14.0. The van der Waals surface area contributed by atoms with E-state index in [-0.39, 0.29) is 29.9 Å². The summed E-state index contributed by atoms with van der Waals surface area (Å²) in [5.41, 5.74) is 2.82. The zero-order valence-electron chi connectivity index (χ0n) is 16.3. The Balaban J connectivity index is 0.00000392. The van der Waals surface area contributed by atoms with Crippen molar-refractivity contribution in [2.75, 3.05) is 19.6 Å². The molecule has 7 heteroatoms. The predicted molar refractivity (Wildman–Crippen MR) is 128 cm³/mol. The van der Waals surface area contributed by atoms with Crippen LogP contribution in [0.15, 0.2) is 53.5 Å². The Morgan fingerprint density at radius 3 is 2.29 bits per heavy atom. The average Bonchev–Trinajstić information content (AvgIpc) is 2.68. The third-order valence-corrected chi connectivity index (χ3v) is 4.33. The number of halogens is 2. The zero-order valence-corrected chi connectivity index (χ0v) is 19.4. The molecule has 2 aromatic rings. The van der Waals surface area contributed by atoms with E-state index in [2.05, 4.69) is 20.9 Å². The maximum absolute atomic E-state index is 11.8. The standard InChI is InChI=1S/C21H27ClN4O.HI/c1-3-23-20(27)18-11-9-16(10-12-18)15-26-21(24-4-2)25-14-13-17-7-5-6-8-19(17)22;/h5-12H,3-4,13-15H2,1-2H3,(H,23,27)(H2,24,25,26);1H. The number of hydrogen-bond donors (Lipinski definition) is 3. The molecule has 3 N–H and O–H groups in total. The first kappa shape index (κ1) is 24.2. The number of benzene rings is 2. The van der Waals surface area contributed by atoms with E-state index in [9.17, 15) is 4.79 Å². The van der Waals surface area contributed by atoms with Crippen LogP contribution in [0.2, 0.25) is 5.02 Å². The molecule has 0 atom stereocenters. The Bertz CT molecular complexity index is 765. The number of guanidine groups is 1. The molecule has 0 aliphatic carbocycles. The fraction of sp³-hybridized carbons (Fsp3) is 0.333. The van der Waals surface area contributed by atoms with Crippen molar-refractivity contribution in [3.8, 4) is 0 Å². The molecule has 0 spiro atoms. The van der Waals surface area contributed by atoms with Crippen LogP contribution in [0, 0.1) is 0 Å². The minimum absolute atomic E-state index is 0. The average molecular weight is 515 g/mol. The molecule has 0 radical (unpaired) electrons. The maximum Gasteiger partial charge on any atom is 0.251 e. The molecule has 5 nitrogen and oxygen atoms in total. The van der Waals surface area contributed by atoms with Gasteiger partial charge in [0, 0.05) is 30.2 Å². The smallest absolute Gasteiger partial charge is 0.251 e. The lowest BCUT2D eigenvalue weighted by atomic mass is 10.1. The quantitative estimate of drug-likeness (QED) is 0.283. The largest absolute Gasteiger partial charge is 0.357 e. The van der Waals surface area contributed by atoms with Crippen LogP contribution < -0.4 is 16.0 Å². The molecule has 0 unspecified atom stereocenters. The summed E-state index contributed by atoms with van der Waals surface area (Å²) in [5.74, 6) is 0.708. The van der Waals surface area contributed by atoms with Gasteiger partial charge in [-0.2, -0.15) is 0 Å². The van der Waals surface area contributed by atoms with E-state index in [0.717, 1.165) is 41.6 Å². The number of hydrogen-bond acceptors (Lipinski definition) is 2. The Kier molecular flexibility index (Phi) is 11.6. The van der Waals surface area contributed by atoms with Gasteiger partial charge in [-0.1, -0.05) is 41.9 Å². The van der Waals surface area contributed by atoms with Gasteiger partial charge < -0.3 is 16.0 Å². The van der Waals surface area contributed by atoms with Gasteiger partial charge in [0.1, 0.15) is 0 Å². The molecule has 28 heavy (non-hydrogen) atoms. The van der Waals surface area contributed by atoms with Crippen molar-refractivity contribution >= 4 is 47.4 Å². The molecule has 1 amide bonds. The summed E-state index contributed by atoms with van der Waals surface area (Å²) in [4.78, 5) is 16.4. The lowest BCUT2D eigenvalue weighted by molar-refractivity contribution is 0.0956. The number of carbonyl (C=O) groups is 1. The second-order valence-corrected chi connectivity index (χ2v) is 6.43. The van der Waals surface area contributed by atoms with Crippen molar-refractivity contribution in [3.05, 3.63) is 70.2 Å². The van der Waals surface area contributed by atoms with Gasteiger partial charge in [0.05, 0.1) is 6.54 Å². The monoisotopic (exact) mass is 514 g/mol. The van der Waals surface area contributed by atoms with E-state index in [1.807, 2.05) is 62.4 Å². The molecule has 0 fully saturated rings. The van der Waals surface area contributed by atoms with E-state index in [0.29, 0.717) is 18.7 Å². The van der Waals surface area contributed by atoms with Gasteiger partial charge in [-0.25, -0.2) is 4.99 Å². The van der Waals surface area contributed by atoms with Gasteiger partial charge in [0.25, 0.3) is 5.91 Å². The van der Waals surface area contributed by atoms with E-state index in [4.69, 9.17) is 11.6 Å². The zero-order chi connectivity index (χ0) is 19.5. The van der Waals surface area contributed by atoms with E-state index in [1.165, 1.54) is 0 Å². The topological polar surface area (TPSA) is 65.5 Å². The summed E-state index contributed by atoms with van der Waals surface area (Å²) in [6.45, 7) is 6.63. The first-order valence-electron chi connectivity index (χ1n) is 9.26. The summed E-state index contributed by atoms with van der Waals surface area (Å²) >= 11 is 6.19. The normalized spacial score (nSPS) is 10.8. The van der Waals surface area contributed by atoms with Gasteiger partial charge in [-0.05, 0) is 49.6 Å². The van der Waals surface area contributed by atoms with Crippen molar-refractivity contribution < 1.29 is 4.79 Å². The van der Waals surface area contributed by atoms with Gasteiger partial charge in [0.2, 0.25) is 0 Å². The predicted octanol–water partition coefficient (Wildman–Crippen LogP) is 4.01. The Morgan fingerprint density at radius 1 is 0.964 bits per heavy atom. The fourth-order valence-corrected chi connectivity index (χ4v) is 2.78. The van der Waals surface area contributed by atoms with Gasteiger partial charge in [-0.3, -0.25) is 4.79 Å². The highest BCUT2D eigenvalue weighted by Gasteiger charge is 2.04. The summed E-state index contributed by atoms with van der Waals surface area (Å²) in [6.07, 6.45) is 0.825. The minimum Gasteiger partial charge on any atom is -0.357 e. The molecule has 2 aromatic carbocycles. The molecule has 0 saturated carbocycles. The lowest BCUT2D eigenvalue weighted by Gasteiger charge is -2.12. The van der Waals surface area contributed by atoms with Crippen LogP contribution in [0.1, 0.15) is 35.3 Å². The highest BCUT2D eigenvalue weighted by atomic mass is 127. The van der Waals surface area contributed by atoms with Crippen LogP contribution in [0.5, 0.6) is 0 Å². The van der Waals surface area contributed by atoms with Crippen molar-refractivity contribution in [1.82, 2.24) is 16.0 Å². The summed E-state index contributed by atoms with van der Waals surface area (Å²) in [5, 5.41) is 10.1. The molecule has 152 valence electrons. The summed E-state index contributed by atoms with van der Waals surface area (Å²) < 4.78 is 0. The second-order valence-electron chi connectivity index (χ2n) is 6.02. The highest BCUT2D eigenvalue weighted by Crippen LogP contribution is 2.14. The number of nitrogens with one attached hydrogen (secondary N) is 3. The van der Waals surface area contributed by atoms with Crippen molar-refractivity contribution in [1.29, 1.82) is 0 Å². The van der Waals surface area contributed by atoms with Crippen molar-refractivity contribution in [2.45, 2.75) is 26.8 Å². The molecule has 0 heterocycles. The van der Waals surface area contributed by atoms with Crippen LogP contribution in [0.3, 0.4) is 0 Å². The number of carbonyl (C=O) groups excluding carboxylic acids is 1. The second kappa shape index (κ2) is 13.4. The molecule has 0 bridgehead atoms. The SMILES string of the molecule is CCNC(=O)c1ccc(CN=C(NCC)NCCc2ccccc2Cl)cc1.I. The molecule has 0 aliphatic heterocycles. The van der Waals surface area contributed by atoms with Crippen LogP contribution in [-0.4, -0.2) is 31.5 Å². The number of nitrogens with zero attached hydrogens (tertiary/aromatic N) is 1. The van der Waals surface area contributed by atoms with Crippen LogP contribution in [0.4, 0.5) is 0 Å². The summed E-state index contributed by atoms with van der Waals surface area (Å²) in [6, 6.07) is 15.4. The van der Waals surface area contributed by atoms with Gasteiger partial charge in [-0.15, -0.1) is 24.0 Å². The van der Waals surface area contributed by atoms with Gasteiger partial charge >= 0.3 is 0 Å². The lowest BCUT2D eigenvalue weighted by Crippen LogP contribution is -2.38. The number of aliphatic imine (C=N–C) groups is 1. The van der Waals surface area contributed by atoms with Crippen LogP contribution in [0.25, 0.3) is 0 Å². The molecular formula is C21H28ClIN4O. The fourth-order valence-electron chi connectivity index (χ4n) is 2.55. The van der Waals surface area contributed by atoms with E-state index in [1.54, 1.807) is 0 Å². The van der Waals surface area contributed by atoms with Crippen LogP contribution in [-0.2, 0) is 13.0 Å². The molecule has 0 aromatic heterocycles. The molecule has 2 rings (SSSR count). The summed E-state index contributed by atoms with van der Waals surface area (Å²) in [7, 11) is 0. The number of rotatable bonds is 8. The Labute approximate surface area is 189 Å². The maximum atomic E-state index is 11.8. The van der Waals surface area contributed by atoms with Crippen molar-refractivity contribution in [3.63, 3.8) is 0 Å². The Morgan fingerprint density at radius 2 is 1.64 bits per heavy atom. The molecule has 0 saturated heterocycles. The third kappa shape index (κ3) is 8.06. The van der Waals surface area contributed by atoms with E-state index < -0.39 is 0 Å². The van der Waals surface area contributed by atoms with Gasteiger partial charge in [0.15, 0.2) is 5.96 Å². The van der Waals surface area contributed by atoms with E-state index >= 15 is 0 Å². The molecule has 0 aliphatic rings. The first-order chi connectivity index (χ1) is 13.1. The molecular weight excluding hydrogens is 487 g/mol. The van der Waals surface area contributed by atoms with Crippen LogP contribution >= 0.6 is 35.6 Å². The Hall–Kier alpha value is -1.80. The third-order valence-electron chi connectivity index (χ3n) is 3.96. The number of amides is 1. The first-order valence-corrected chi connectivity index (χ1v) is 9.64.